The summed E-state index contributed by atoms with van der Waals surface area (Å²) >= 11 is 0. The summed E-state index contributed by atoms with van der Waals surface area (Å²) in [5.41, 5.74) is 0.219. The molecule has 0 atom stereocenters. The minimum atomic E-state index is -0.255. The number of benzene rings is 1. The quantitative estimate of drug-likeness (QED) is 0.791. The van der Waals surface area contributed by atoms with Crippen molar-refractivity contribution in [2.24, 2.45) is 7.05 Å². The van der Waals surface area contributed by atoms with Crippen LogP contribution in [0.4, 0.5) is 0 Å². The lowest BCUT2D eigenvalue weighted by Gasteiger charge is -2.10. The first-order valence-corrected chi connectivity index (χ1v) is 6.00. The van der Waals surface area contributed by atoms with E-state index in [1.165, 1.54) is 9.13 Å². The highest BCUT2D eigenvalue weighted by atomic mass is 16.2. The van der Waals surface area contributed by atoms with Gasteiger partial charge in [0.05, 0.1) is 10.9 Å². The van der Waals surface area contributed by atoms with Gasteiger partial charge in [-0.3, -0.25) is 13.9 Å². The van der Waals surface area contributed by atoms with E-state index in [0.29, 0.717) is 17.4 Å². The van der Waals surface area contributed by atoms with Crippen LogP contribution in [0.1, 0.15) is 6.42 Å². The predicted octanol–water partition coefficient (Wildman–Crippen LogP) is 0.310. The fourth-order valence-electron chi connectivity index (χ4n) is 2.07. The van der Waals surface area contributed by atoms with E-state index in [1.54, 1.807) is 19.2 Å². The average molecular weight is 247 g/mol. The lowest BCUT2D eigenvalue weighted by atomic mass is 10.2. The van der Waals surface area contributed by atoms with Crippen LogP contribution in [0.2, 0.25) is 0 Å². The molecule has 2 rings (SSSR count). The van der Waals surface area contributed by atoms with Crippen molar-refractivity contribution in [2.45, 2.75) is 13.0 Å². The van der Waals surface area contributed by atoms with Gasteiger partial charge in [0, 0.05) is 13.6 Å². The Morgan fingerprint density at radius 1 is 1.22 bits per heavy atom. The Kier molecular flexibility index (Phi) is 3.62. The van der Waals surface area contributed by atoms with Crippen molar-refractivity contribution >= 4 is 10.9 Å². The van der Waals surface area contributed by atoms with Gasteiger partial charge in [0.15, 0.2) is 0 Å². The van der Waals surface area contributed by atoms with E-state index in [0.717, 1.165) is 13.0 Å². The molecule has 1 aromatic heterocycles. The molecule has 1 heterocycles. The van der Waals surface area contributed by atoms with Gasteiger partial charge in [-0.15, -0.1) is 0 Å². The fraction of sp³-hybridized carbons (Fsp3) is 0.385. The third kappa shape index (κ3) is 2.09. The molecule has 0 aliphatic rings. The van der Waals surface area contributed by atoms with Gasteiger partial charge in [0.2, 0.25) is 0 Å². The van der Waals surface area contributed by atoms with E-state index in [2.05, 4.69) is 5.32 Å². The summed E-state index contributed by atoms with van der Waals surface area (Å²) in [5, 5.41) is 3.59. The van der Waals surface area contributed by atoms with Crippen molar-refractivity contribution in [3.05, 3.63) is 45.1 Å². The number of rotatable bonds is 4. The zero-order valence-electron chi connectivity index (χ0n) is 10.6. The number of nitrogens with one attached hydrogen (secondary N) is 1. The van der Waals surface area contributed by atoms with E-state index < -0.39 is 0 Å². The minimum absolute atomic E-state index is 0.204. The highest BCUT2D eigenvalue weighted by Crippen LogP contribution is 2.05. The van der Waals surface area contributed by atoms with Crippen LogP contribution in [0.15, 0.2) is 33.9 Å². The van der Waals surface area contributed by atoms with Crippen LogP contribution in [-0.4, -0.2) is 22.7 Å². The van der Waals surface area contributed by atoms with E-state index in [1.807, 2.05) is 19.2 Å². The fourth-order valence-corrected chi connectivity index (χ4v) is 2.07. The highest BCUT2D eigenvalue weighted by molar-refractivity contribution is 5.77. The van der Waals surface area contributed by atoms with Crippen LogP contribution in [0.25, 0.3) is 10.9 Å². The third-order valence-corrected chi connectivity index (χ3v) is 3.07. The number of aromatic nitrogens is 2. The topological polar surface area (TPSA) is 56.0 Å². The molecule has 96 valence electrons. The normalized spacial score (nSPS) is 11.0. The lowest BCUT2D eigenvalue weighted by Crippen LogP contribution is -2.39. The maximum Gasteiger partial charge on any atom is 0.331 e. The SMILES string of the molecule is CNCCCn1c(=O)c2ccccc2n(C)c1=O. The lowest BCUT2D eigenvalue weighted by molar-refractivity contribution is 0.560. The molecule has 0 aliphatic heterocycles. The summed E-state index contributed by atoms with van der Waals surface area (Å²) in [6.07, 6.45) is 0.754. The van der Waals surface area contributed by atoms with Crippen molar-refractivity contribution in [3.63, 3.8) is 0 Å². The Balaban J connectivity index is 2.60. The average Bonchev–Trinajstić information content (AvgIpc) is 2.40. The summed E-state index contributed by atoms with van der Waals surface area (Å²) in [4.78, 5) is 24.3. The summed E-state index contributed by atoms with van der Waals surface area (Å²) in [6.45, 7) is 1.22. The number of hydrogen-bond acceptors (Lipinski definition) is 3. The van der Waals surface area contributed by atoms with Gasteiger partial charge >= 0.3 is 5.69 Å². The maximum atomic E-state index is 12.2. The molecule has 0 saturated carbocycles. The second-order valence-corrected chi connectivity index (χ2v) is 4.27. The number of aryl methyl sites for hydroxylation is 1. The summed E-state index contributed by atoms with van der Waals surface area (Å²) in [5.74, 6) is 0. The van der Waals surface area contributed by atoms with Crippen molar-refractivity contribution in [1.82, 2.24) is 14.5 Å². The van der Waals surface area contributed by atoms with Crippen molar-refractivity contribution in [2.75, 3.05) is 13.6 Å². The van der Waals surface area contributed by atoms with E-state index in [9.17, 15) is 9.59 Å². The van der Waals surface area contributed by atoms with Gasteiger partial charge in [-0.2, -0.15) is 0 Å². The molecule has 0 spiro atoms. The van der Waals surface area contributed by atoms with E-state index >= 15 is 0 Å². The van der Waals surface area contributed by atoms with Crippen molar-refractivity contribution in [3.8, 4) is 0 Å². The van der Waals surface area contributed by atoms with Crippen molar-refractivity contribution in [1.29, 1.82) is 0 Å². The van der Waals surface area contributed by atoms with Gasteiger partial charge < -0.3 is 5.32 Å². The van der Waals surface area contributed by atoms with Crippen LogP contribution >= 0.6 is 0 Å². The summed E-state index contributed by atoms with van der Waals surface area (Å²) in [6, 6.07) is 7.18. The van der Waals surface area contributed by atoms with Gasteiger partial charge in [-0.1, -0.05) is 12.1 Å². The molecule has 1 N–H and O–H groups in total. The molecule has 0 saturated heterocycles. The summed E-state index contributed by atoms with van der Waals surface area (Å²) in [7, 11) is 3.54. The first-order chi connectivity index (χ1) is 8.66. The highest BCUT2D eigenvalue weighted by Gasteiger charge is 2.09. The number of nitrogens with zero attached hydrogens (tertiary/aromatic N) is 2. The summed E-state index contributed by atoms with van der Waals surface area (Å²) < 4.78 is 2.83. The molecule has 0 unspecified atom stereocenters. The molecule has 5 nitrogen and oxygen atoms in total. The van der Waals surface area contributed by atoms with Gasteiger partial charge in [-0.25, -0.2) is 4.79 Å². The van der Waals surface area contributed by atoms with Crippen LogP contribution in [0.3, 0.4) is 0 Å². The molecule has 18 heavy (non-hydrogen) atoms. The van der Waals surface area contributed by atoms with Gasteiger partial charge in [-0.05, 0) is 32.1 Å². The first-order valence-electron chi connectivity index (χ1n) is 6.00. The monoisotopic (exact) mass is 247 g/mol. The largest absolute Gasteiger partial charge is 0.331 e. The van der Waals surface area contributed by atoms with E-state index in [4.69, 9.17) is 0 Å². The van der Waals surface area contributed by atoms with Crippen LogP contribution in [-0.2, 0) is 13.6 Å². The Labute approximate surface area is 105 Å². The molecule has 5 heteroatoms. The first kappa shape index (κ1) is 12.6. The molecular weight excluding hydrogens is 230 g/mol. The van der Waals surface area contributed by atoms with Crippen LogP contribution in [0, 0.1) is 0 Å². The predicted molar refractivity (Wildman–Crippen MR) is 72.0 cm³/mol. The second kappa shape index (κ2) is 5.18. The zero-order chi connectivity index (χ0) is 13.1. The molecule has 2 aromatic rings. The smallest absolute Gasteiger partial charge is 0.320 e. The number of para-hydroxylation sites is 1. The second-order valence-electron chi connectivity index (χ2n) is 4.27. The van der Waals surface area contributed by atoms with Crippen molar-refractivity contribution < 1.29 is 0 Å². The molecule has 0 aliphatic carbocycles. The van der Waals surface area contributed by atoms with E-state index in [-0.39, 0.29) is 11.2 Å². The maximum absolute atomic E-state index is 12.2. The van der Waals surface area contributed by atoms with Crippen LogP contribution in [0.5, 0.6) is 0 Å². The Morgan fingerprint density at radius 3 is 2.67 bits per heavy atom. The number of hydrogen-bond donors (Lipinski definition) is 1. The minimum Gasteiger partial charge on any atom is -0.320 e. The molecule has 0 radical (unpaired) electrons. The third-order valence-electron chi connectivity index (χ3n) is 3.07. The molecule has 0 amide bonds. The zero-order valence-corrected chi connectivity index (χ0v) is 10.6. The molecule has 0 bridgehead atoms. The van der Waals surface area contributed by atoms with Crippen LogP contribution < -0.4 is 16.6 Å². The molecular formula is C13H17N3O2. The van der Waals surface area contributed by atoms with Gasteiger partial charge in [0.1, 0.15) is 0 Å². The molecule has 0 fully saturated rings. The Hall–Kier alpha value is -1.88. The Morgan fingerprint density at radius 2 is 1.94 bits per heavy atom. The molecule has 1 aromatic carbocycles. The standard InChI is InChI=1S/C13H17N3O2/c1-14-8-5-9-16-12(17)10-6-3-4-7-11(10)15(2)13(16)18/h3-4,6-7,14H,5,8-9H2,1-2H3. The Bertz CT molecular complexity index is 670. The number of fused-ring (bicyclic) bond motifs is 1. The van der Waals surface area contributed by atoms with Gasteiger partial charge in [0.25, 0.3) is 5.56 Å².